The summed E-state index contributed by atoms with van der Waals surface area (Å²) < 4.78 is 5.17. The summed E-state index contributed by atoms with van der Waals surface area (Å²) in [6.07, 6.45) is 1.03. The van der Waals surface area contributed by atoms with Gasteiger partial charge in [-0.05, 0) is 0 Å². The van der Waals surface area contributed by atoms with Crippen molar-refractivity contribution < 1.29 is 9.53 Å². The van der Waals surface area contributed by atoms with Crippen LogP contribution in [0.4, 0.5) is 4.79 Å². The molecule has 0 aromatic carbocycles. The maximum absolute atomic E-state index is 10.3. The molecule has 0 rings (SSSR count). The minimum atomic E-state index is 0.0501. The van der Waals surface area contributed by atoms with Gasteiger partial charge in [-0.2, -0.15) is 0 Å². The van der Waals surface area contributed by atoms with Gasteiger partial charge in [0.2, 0.25) is 0 Å². The molecule has 0 aliphatic rings. The molecule has 0 saturated heterocycles. The van der Waals surface area contributed by atoms with Crippen LogP contribution in [0.25, 0.3) is 0 Å². The number of nitrogens with one attached hydrogen (secondary N) is 1. The van der Waals surface area contributed by atoms with Crippen molar-refractivity contribution in [1.82, 2.24) is 5.32 Å². The first-order chi connectivity index (χ1) is 4.77. The fraction of sp³-hybridized carbons (Fsp3) is 0.833. The van der Waals surface area contributed by atoms with Crippen LogP contribution < -0.4 is 5.32 Å². The Hall–Kier alpha value is 0.248. The quantitative estimate of drug-likeness (QED) is 0.564. The van der Waals surface area contributed by atoms with Crippen LogP contribution in [0.3, 0.4) is 0 Å². The van der Waals surface area contributed by atoms with Crippen molar-refractivity contribution in [2.45, 2.75) is 13.3 Å². The van der Waals surface area contributed by atoms with E-state index in [-0.39, 0.29) is 3.85 Å². The number of hydrogen-bond donors (Lipinski definition) is 1. The number of carbonyl (C=O) groups is 1. The van der Waals surface area contributed by atoms with E-state index in [4.69, 9.17) is 4.74 Å². The van der Waals surface area contributed by atoms with E-state index in [1.54, 1.807) is 0 Å². The number of rotatable bonds is 5. The fourth-order valence-electron chi connectivity index (χ4n) is 0.477. The van der Waals surface area contributed by atoms with Crippen molar-refractivity contribution in [2.24, 2.45) is 0 Å². The normalized spacial score (nSPS) is 9.40. The van der Waals surface area contributed by atoms with Crippen molar-refractivity contribution in [3.8, 4) is 0 Å². The first-order valence-corrected chi connectivity index (χ1v) is 4.59. The van der Waals surface area contributed by atoms with E-state index < -0.39 is 0 Å². The van der Waals surface area contributed by atoms with Gasteiger partial charge in [0.1, 0.15) is 0 Å². The SMILES string of the molecule is CCCOCCN[C](=O)[Sb]. The first-order valence-electron chi connectivity index (χ1n) is 3.32. The van der Waals surface area contributed by atoms with Gasteiger partial charge < -0.3 is 0 Å². The molecule has 1 amide bonds. The molecule has 0 fully saturated rings. The topological polar surface area (TPSA) is 38.3 Å². The predicted octanol–water partition coefficient (Wildman–Crippen LogP) is 0.291. The number of hydrogen-bond acceptors (Lipinski definition) is 2. The van der Waals surface area contributed by atoms with Crippen LogP contribution in [-0.4, -0.2) is 46.6 Å². The van der Waals surface area contributed by atoms with E-state index in [0.717, 1.165) is 13.0 Å². The zero-order chi connectivity index (χ0) is 7.82. The van der Waals surface area contributed by atoms with Crippen LogP contribution in [0, 0.1) is 0 Å². The second-order valence-electron chi connectivity index (χ2n) is 1.84. The molecule has 10 heavy (non-hydrogen) atoms. The zero-order valence-electron chi connectivity index (χ0n) is 6.09. The molecule has 0 aromatic heterocycles. The standard InChI is InChI=1S/C6H12NO2.Sb/c1-2-4-9-5-3-7-6-8;/h2-5H2,1H3,(H,7,8);. The molecule has 0 unspecified atom stereocenters. The average molecular weight is 252 g/mol. The Labute approximate surface area is 75.0 Å². The molecule has 0 spiro atoms. The maximum atomic E-state index is 10.3. The van der Waals surface area contributed by atoms with E-state index in [2.05, 4.69) is 12.2 Å². The molecule has 0 saturated carbocycles. The fourth-order valence-corrected chi connectivity index (χ4v) is 0.796. The average Bonchev–Trinajstić information content (AvgIpc) is 1.87. The van der Waals surface area contributed by atoms with Crippen molar-refractivity contribution >= 4 is 26.9 Å². The summed E-state index contributed by atoms with van der Waals surface area (Å²) in [5, 5.41) is 2.66. The second-order valence-corrected chi connectivity index (χ2v) is 3.00. The third kappa shape index (κ3) is 8.25. The van der Waals surface area contributed by atoms with E-state index in [1.807, 2.05) is 0 Å². The monoisotopic (exact) mass is 251 g/mol. The molecule has 58 valence electrons. The molecule has 3 nitrogen and oxygen atoms in total. The first kappa shape index (κ1) is 10.2. The van der Waals surface area contributed by atoms with Gasteiger partial charge in [-0.25, -0.2) is 0 Å². The third-order valence-corrected chi connectivity index (χ3v) is 1.32. The number of carbonyl (C=O) groups excluding carboxylic acids is 1. The van der Waals surface area contributed by atoms with Crippen LogP contribution in [-0.2, 0) is 4.74 Å². The van der Waals surface area contributed by atoms with Crippen LogP contribution in [0.2, 0.25) is 0 Å². The van der Waals surface area contributed by atoms with Gasteiger partial charge in [0.15, 0.2) is 0 Å². The molecule has 0 aromatic rings. The summed E-state index contributed by atoms with van der Waals surface area (Å²) in [7, 11) is 0. The summed E-state index contributed by atoms with van der Waals surface area (Å²) >= 11 is 1.17. The zero-order valence-corrected chi connectivity index (χ0v) is 8.64. The second kappa shape index (κ2) is 7.36. The molecule has 0 aliphatic heterocycles. The Morgan fingerprint density at radius 2 is 2.30 bits per heavy atom. The Morgan fingerprint density at radius 1 is 1.60 bits per heavy atom. The van der Waals surface area contributed by atoms with Gasteiger partial charge in [0, 0.05) is 0 Å². The van der Waals surface area contributed by atoms with E-state index in [0.29, 0.717) is 13.2 Å². The Bertz CT molecular complexity index is 97.7. The molecule has 4 heteroatoms. The van der Waals surface area contributed by atoms with Gasteiger partial charge in [-0.3, -0.25) is 0 Å². The van der Waals surface area contributed by atoms with Gasteiger partial charge in [0.25, 0.3) is 0 Å². The van der Waals surface area contributed by atoms with Gasteiger partial charge in [-0.15, -0.1) is 0 Å². The predicted molar refractivity (Wildman–Crippen MR) is 40.3 cm³/mol. The summed E-state index contributed by atoms with van der Waals surface area (Å²) in [5.74, 6) is 0. The van der Waals surface area contributed by atoms with Gasteiger partial charge >= 0.3 is 74.8 Å². The number of ether oxygens (including phenoxy) is 1. The molecule has 0 atom stereocenters. The van der Waals surface area contributed by atoms with Crippen molar-refractivity contribution in [3.63, 3.8) is 0 Å². The summed E-state index contributed by atoms with van der Waals surface area (Å²) in [6.45, 7) is 4.10. The van der Waals surface area contributed by atoms with E-state index in [1.165, 1.54) is 23.0 Å². The molecule has 0 bridgehead atoms. The number of amides is 1. The third-order valence-electron chi connectivity index (χ3n) is 0.871. The summed E-state index contributed by atoms with van der Waals surface area (Å²) in [6, 6.07) is 0. The molecular formula is C6H12NO2Sb. The summed E-state index contributed by atoms with van der Waals surface area (Å²) in [4.78, 5) is 10.3. The molecular weight excluding hydrogens is 240 g/mol. The Balaban J connectivity index is 2.84. The Kier molecular flexibility index (Phi) is 7.54. The van der Waals surface area contributed by atoms with Crippen LogP contribution in [0.15, 0.2) is 0 Å². The molecule has 0 aliphatic carbocycles. The Morgan fingerprint density at radius 3 is 2.80 bits per heavy atom. The minimum absolute atomic E-state index is 0.0501. The summed E-state index contributed by atoms with van der Waals surface area (Å²) in [5.41, 5.74) is 0. The van der Waals surface area contributed by atoms with Gasteiger partial charge in [-0.1, -0.05) is 0 Å². The molecule has 0 heterocycles. The van der Waals surface area contributed by atoms with E-state index >= 15 is 0 Å². The van der Waals surface area contributed by atoms with Gasteiger partial charge in [0.05, 0.1) is 0 Å². The van der Waals surface area contributed by atoms with Crippen molar-refractivity contribution in [2.75, 3.05) is 19.8 Å². The molecule has 1 N–H and O–H groups in total. The van der Waals surface area contributed by atoms with Crippen LogP contribution in [0.1, 0.15) is 13.3 Å². The molecule has 2 radical (unpaired) electrons. The van der Waals surface area contributed by atoms with Crippen LogP contribution >= 0.6 is 0 Å². The van der Waals surface area contributed by atoms with Crippen molar-refractivity contribution in [3.05, 3.63) is 0 Å². The van der Waals surface area contributed by atoms with Crippen LogP contribution in [0.5, 0.6) is 0 Å². The van der Waals surface area contributed by atoms with Crippen molar-refractivity contribution in [1.29, 1.82) is 0 Å². The van der Waals surface area contributed by atoms with E-state index in [9.17, 15) is 4.79 Å².